The zero-order valence-corrected chi connectivity index (χ0v) is 15.1. The summed E-state index contributed by atoms with van der Waals surface area (Å²) < 4.78 is 18.6. The molecule has 5 heteroatoms. The van der Waals surface area contributed by atoms with E-state index in [4.69, 9.17) is 9.84 Å². The van der Waals surface area contributed by atoms with E-state index in [0.717, 1.165) is 38.9 Å². The summed E-state index contributed by atoms with van der Waals surface area (Å²) in [5.74, 6) is -0.433. The van der Waals surface area contributed by atoms with Crippen LogP contribution in [0.15, 0.2) is 0 Å². The Bertz CT molecular complexity index is 231. The Balaban J connectivity index is 0. The minimum absolute atomic E-state index is 0. The number of carboxylic acid groups (broad SMARTS) is 1. The van der Waals surface area contributed by atoms with Crippen LogP contribution in [-0.2, 0) is 9.53 Å². The maximum absolute atomic E-state index is 13.4. The summed E-state index contributed by atoms with van der Waals surface area (Å²) in [6, 6.07) is 0. The molecule has 1 N–H and O–H groups in total. The Morgan fingerprint density at radius 2 is 2.00 bits per heavy atom. The summed E-state index contributed by atoms with van der Waals surface area (Å²) in [6.07, 6.45) is 4.89. The van der Waals surface area contributed by atoms with E-state index in [-0.39, 0.29) is 41.4 Å². The van der Waals surface area contributed by atoms with Gasteiger partial charge in [-0.3, -0.25) is 11.2 Å². The Labute approximate surface area is 144 Å². The minimum Gasteiger partial charge on any atom is -0.503 e. The molecule has 1 fully saturated rings. The molecule has 1 aliphatic rings. The van der Waals surface area contributed by atoms with E-state index in [1.54, 1.807) is 0 Å². The number of ether oxygens (including phenoxy) is 1. The number of carbonyl (C=O) groups is 1. The topological polar surface area (TPSA) is 46.5 Å². The maximum Gasteiger partial charge on any atom is 1.00 e. The predicted molar refractivity (Wildman–Crippen MR) is 74.4 cm³/mol. The number of hydrogen-bond acceptors (Lipinski definition) is 2. The van der Waals surface area contributed by atoms with Gasteiger partial charge in [0.25, 0.3) is 0 Å². The molecule has 1 unspecified atom stereocenters. The van der Waals surface area contributed by atoms with Crippen LogP contribution in [0.4, 0.5) is 4.39 Å². The van der Waals surface area contributed by atoms with E-state index in [1.807, 2.05) is 13.8 Å². The average Bonchev–Trinajstić information content (AvgIpc) is 2.36. The Morgan fingerprint density at radius 1 is 1.45 bits per heavy atom. The van der Waals surface area contributed by atoms with Crippen molar-refractivity contribution >= 4 is 5.97 Å². The Kier molecular flexibility index (Phi) is 16.0. The molecule has 0 aromatic rings. The number of halogens is 1. The van der Waals surface area contributed by atoms with Crippen molar-refractivity contribution in [2.75, 3.05) is 13.2 Å². The molecular formula is C15H27FNaO3-. The normalized spacial score (nSPS) is 16.6. The van der Waals surface area contributed by atoms with E-state index in [1.165, 1.54) is 6.42 Å². The van der Waals surface area contributed by atoms with Gasteiger partial charge in [0.05, 0.1) is 0 Å². The zero-order valence-electron chi connectivity index (χ0n) is 13.1. The van der Waals surface area contributed by atoms with Gasteiger partial charge in [0.15, 0.2) is 5.97 Å². The quantitative estimate of drug-likeness (QED) is 0.580. The molecular weight excluding hydrogens is 270 g/mol. The third kappa shape index (κ3) is 13.2. The largest absolute Gasteiger partial charge is 1.00 e. The Hall–Kier alpha value is 0.230. The van der Waals surface area contributed by atoms with Gasteiger partial charge in [0, 0.05) is 13.2 Å². The molecule has 1 atom stereocenters. The van der Waals surface area contributed by atoms with E-state index in [2.05, 4.69) is 6.92 Å². The second kappa shape index (κ2) is 14.2. The fourth-order valence-corrected chi connectivity index (χ4v) is 1.94. The number of hydrogen-bond donors (Lipinski definition) is 1. The summed E-state index contributed by atoms with van der Waals surface area (Å²) in [4.78, 5) is 9.75. The first-order valence-electron chi connectivity index (χ1n) is 7.06. The fourth-order valence-electron chi connectivity index (χ4n) is 1.94. The van der Waals surface area contributed by atoms with Crippen molar-refractivity contribution < 1.29 is 48.6 Å². The number of unbranched alkanes of at least 4 members (excludes halogenated alkanes) is 1. The molecule has 1 rings (SSSR count). The molecule has 0 radical (unpaired) electrons. The summed E-state index contributed by atoms with van der Waals surface area (Å²) in [5.41, 5.74) is 0. The van der Waals surface area contributed by atoms with Crippen molar-refractivity contribution in [3.63, 3.8) is 0 Å². The van der Waals surface area contributed by atoms with Gasteiger partial charge in [0.2, 0.25) is 0 Å². The molecule has 0 aromatic heterocycles. The van der Waals surface area contributed by atoms with Crippen molar-refractivity contribution in [1.82, 2.24) is 0 Å². The van der Waals surface area contributed by atoms with Gasteiger partial charge in [-0.25, -0.2) is 4.39 Å². The number of aliphatic carboxylic acids is 1. The van der Waals surface area contributed by atoms with E-state index >= 15 is 0 Å². The smallest absolute Gasteiger partial charge is 0.503 e. The number of carboxylic acids is 1. The molecule has 1 saturated heterocycles. The summed E-state index contributed by atoms with van der Waals surface area (Å²) in [7, 11) is 0. The molecule has 0 bridgehead atoms. The van der Waals surface area contributed by atoms with Crippen LogP contribution in [0, 0.1) is 25.2 Å². The SMILES string of the molecule is CC(C)[CH-]C(=O)O.[CH2-]CCCC(F)C1CCOCC1.[Na+]. The van der Waals surface area contributed by atoms with Gasteiger partial charge in [-0.15, -0.1) is 0 Å². The van der Waals surface area contributed by atoms with Crippen LogP contribution >= 0.6 is 0 Å². The minimum atomic E-state index is -0.838. The van der Waals surface area contributed by atoms with Crippen molar-refractivity contribution in [3.8, 4) is 0 Å². The van der Waals surface area contributed by atoms with Gasteiger partial charge in [-0.05, 0) is 25.2 Å². The third-order valence-corrected chi connectivity index (χ3v) is 2.98. The summed E-state index contributed by atoms with van der Waals surface area (Å²) >= 11 is 0. The first kappa shape index (κ1) is 22.5. The predicted octanol–water partition coefficient (Wildman–Crippen LogP) is 0.691. The standard InChI is InChI=1S/C10H18FO.C5H9O2.Na/c1-2-3-4-10(11)9-5-7-12-8-6-9;1-4(2)3-5(6)7;/h9-10H,1-8H2;3-4H,1-2H3,(H,6,7);/q2*-1;+1. The summed E-state index contributed by atoms with van der Waals surface area (Å²) in [6.45, 7) is 8.86. The second-order valence-electron chi connectivity index (χ2n) is 5.21. The molecule has 3 nitrogen and oxygen atoms in total. The molecule has 114 valence electrons. The van der Waals surface area contributed by atoms with E-state index < -0.39 is 12.1 Å². The molecule has 0 aliphatic carbocycles. The monoisotopic (exact) mass is 297 g/mol. The Morgan fingerprint density at radius 3 is 2.35 bits per heavy atom. The number of rotatable bonds is 6. The van der Waals surface area contributed by atoms with Crippen LogP contribution in [-0.4, -0.2) is 30.5 Å². The number of alkyl halides is 1. The van der Waals surface area contributed by atoms with Gasteiger partial charge >= 0.3 is 29.6 Å². The van der Waals surface area contributed by atoms with Crippen molar-refractivity contribution in [3.05, 3.63) is 13.3 Å². The maximum atomic E-state index is 13.4. The average molecular weight is 297 g/mol. The van der Waals surface area contributed by atoms with Crippen LogP contribution in [0.2, 0.25) is 0 Å². The van der Waals surface area contributed by atoms with Gasteiger partial charge < -0.3 is 16.8 Å². The van der Waals surface area contributed by atoms with Crippen molar-refractivity contribution in [1.29, 1.82) is 0 Å². The van der Waals surface area contributed by atoms with Crippen LogP contribution < -0.4 is 29.6 Å². The van der Waals surface area contributed by atoms with E-state index in [9.17, 15) is 9.18 Å². The van der Waals surface area contributed by atoms with Crippen LogP contribution in [0.3, 0.4) is 0 Å². The fraction of sp³-hybridized carbons (Fsp3) is 0.800. The molecule has 20 heavy (non-hydrogen) atoms. The molecule has 0 spiro atoms. The van der Waals surface area contributed by atoms with E-state index in [0.29, 0.717) is 6.42 Å². The van der Waals surface area contributed by atoms with Crippen molar-refractivity contribution in [2.24, 2.45) is 11.8 Å². The zero-order chi connectivity index (χ0) is 14.7. The third-order valence-electron chi connectivity index (χ3n) is 2.98. The second-order valence-corrected chi connectivity index (χ2v) is 5.21. The van der Waals surface area contributed by atoms with Gasteiger partial charge in [-0.2, -0.15) is 12.3 Å². The summed E-state index contributed by atoms with van der Waals surface area (Å²) in [5, 5.41) is 8.03. The molecule has 0 saturated carbocycles. The van der Waals surface area contributed by atoms with Gasteiger partial charge in [-0.1, -0.05) is 20.3 Å². The first-order chi connectivity index (χ1) is 8.97. The molecule has 0 amide bonds. The van der Waals surface area contributed by atoms with Crippen LogP contribution in [0.25, 0.3) is 0 Å². The van der Waals surface area contributed by atoms with Gasteiger partial charge in [0.1, 0.15) is 6.17 Å². The van der Waals surface area contributed by atoms with Crippen molar-refractivity contribution in [2.45, 2.75) is 52.1 Å². The van der Waals surface area contributed by atoms with Crippen LogP contribution in [0.1, 0.15) is 46.0 Å². The first-order valence-corrected chi connectivity index (χ1v) is 7.06. The molecule has 1 aliphatic heterocycles. The molecule has 1 heterocycles. The molecule has 0 aromatic carbocycles. The van der Waals surface area contributed by atoms with Crippen LogP contribution in [0.5, 0.6) is 0 Å².